The Morgan fingerprint density at radius 1 is 1.40 bits per heavy atom. The van der Waals surface area contributed by atoms with Gasteiger partial charge >= 0.3 is 0 Å². The first-order valence-corrected chi connectivity index (χ1v) is 7.60. The third-order valence-corrected chi connectivity index (χ3v) is 4.03. The maximum atomic E-state index is 12.0. The quantitative estimate of drug-likeness (QED) is 0.872. The van der Waals surface area contributed by atoms with Gasteiger partial charge in [-0.2, -0.15) is 4.98 Å². The van der Waals surface area contributed by atoms with Crippen LogP contribution in [0.4, 0.5) is 0 Å². The van der Waals surface area contributed by atoms with Gasteiger partial charge in [-0.1, -0.05) is 19.0 Å². The van der Waals surface area contributed by atoms with E-state index < -0.39 is 10.0 Å². The van der Waals surface area contributed by atoms with Gasteiger partial charge in [0.15, 0.2) is 10.9 Å². The Balaban J connectivity index is 2.09. The summed E-state index contributed by atoms with van der Waals surface area (Å²) >= 11 is 0. The Labute approximate surface area is 117 Å². The van der Waals surface area contributed by atoms with Crippen molar-refractivity contribution in [2.24, 2.45) is 7.05 Å². The molecule has 0 aromatic carbocycles. The van der Waals surface area contributed by atoms with E-state index in [4.69, 9.17) is 4.52 Å². The first-order valence-electron chi connectivity index (χ1n) is 6.11. The number of rotatable bonds is 5. The second kappa shape index (κ2) is 5.33. The monoisotopic (exact) mass is 299 g/mol. The van der Waals surface area contributed by atoms with Crippen LogP contribution in [0.15, 0.2) is 15.7 Å². The Morgan fingerprint density at radius 2 is 2.10 bits per heavy atom. The molecule has 2 heterocycles. The molecular weight excluding hydrogens is 282 g/mol. The average molecular weight is 299 g/mol. The smallest absolute Gasteiger partial charge is 0.260 e. The minimum atomic E-state index is -3.67. The Kier molecular flexibility index (Phi) is 3.91. The van der Waals surface area contributed by atoms with Crippen molar-refractivity contribution in [3.63, 3.8) is 0 Å². The molecule has 2 aromatic rings. The molecule has 8 nitrogen and oxygen atoms in total. The Hall–Kier alpha value is -1.74. The lowest BCUT2D eigenvalue weighted by molar-refractivity contribution is 0.360. The Morgan fingerprint density at radius 3 is 2.60 bits per heavy atom. The molecule has 1 N–H and O–H groups in total. The lowest BCUT2D eigenvalue weighted by Gasteiger charge is -2.00. The highest BCUT2D eigenvalue weighted by Crippen LogP contribution is 2.12. The maximum absolute atomic E-state index is 12.0. The van der Waals surface area contributed by atoms with Crippen molar-refractivity contribution in [1.29, 1.82) is 0 Å². The maximum Gasteiger partial charge on any atom is 0.260 e. The van der Waals surface area contributed by atoms with Gasteiger partial charge in [-0.15, -0.1) is 0 Å². The van der Waals surface area contributed by atoms with E-state index in [1.54, 1.807) is 18.5 Å². The van der Waals surface area contributed by atoms with E-state index in [1.807, 2.05) is 13.8 Å². The molecule has 2 aromatic heterocycles. The number of hydrogen-bond donors (Lipinski definition) is 1. The van der Waals surface area contributed by atoms with E-state index in [2.05, 4.69) is 19.8 Å². The highest BCUT2D eigenvalue weighted by molar-refractivity contribution is 7.89. The molecule has 0 atom stereocenters. The molecule has 0 aliphatic heterocycles. The summed E-state index contributed by atoms with van der Waals surface area (Å²) in [5, 5.41) is 3.70. The third kappa shape index (κ3) is 3.05. The second-order valence-corrected chi connectivity index (χ2v) is 6.48. The minimum absolute atomic E-state index is 0.0231. The molecule has 0 aliphatic rings. The first-order chi connectivity index (χ1) is 9.29. The number of aromatic nitrogens is 4. The van der Waals surface area contributed by atoms with Crippen molar-refractivity contribution in [2.75, 3.05) is 0 Å². The fourth-order valence-electron chi connectivity index (χ4n) is 1.46. The zero-order chi connectivity index (χ0) is 14.9. The molecule has 0 bridgehead atoms. The third-order valence-electron chi connectivity index (χ3n) is 2.76. The van der Waals surface area contributed by atoms with Crippen LogP contribution >= 0.6 is 0 Å². The molecule has 0 unspecified atom stereocenters. The summed E-state index contributed by atoms with van der Waals surface area (Å²) < 4.78 is 33.1. The molecule has 0 fully saturated rings. The summed E-state index contributed by atoms with van der Waals surface area (Å²) in [5.41, 5.74) is 0. The van der Waals surface area contributed by atoms with Crippen LogP contribution < -0.4 is 4.72 Å². The van der Waals surface area contributed by atoms with Crippen LogP contribution in [0.1, 0.15) is 37.3 Å². The van der Waals surface area contributed by atoms with E-state index in [-0.39, 0.29) is 17.5 Å². The van der Waals surface area contributed by atoms with Crippen molar-refractivity contribution >= 4 is 10.0 Å². The lowest BCUT2D eigenvalue weighted by Crippen LogP contribution is -2.24. The highest BCUT2D eigenvalue weighted by Gasteiger charge is 2.19. The van der Waals surface area contributed by atoms with Crippen molar-refractivity contribution in [2.45, 2.75) is 38.3 Å². The number of sulfonamides is 1. The lowest BCUT2D eigenvalue weighted by atomic mass is 10.2. The fraction of sp³-hybridized carbons (Fsp3) is 0.545. The van der Waals surface area contributed by atoms with E-state index in [0.717, 1.165) is 0 Å². The molecule has 0 aliphatic carbocycles. The van der Waals surface area contributed by atoms with Gasteiger partial charge < -0.3 is 9.09 Å². The molecule has 0 saturated carbocycles. The van der Waals surface area contributed by atoms with Crippen molar-refractivity contribution in [3.8, 4) is 0 Å². The van der Waals surface area contributed by atoms with Gasteiger partial charge in [0.25, 0.3) is 10.0 Å². The largest absolute Gasteiger partial charge is 0.339 e. The summed E-state index contributed by atoms with van der Waals surface area (Å²) in [6.45, 7) is 5.53. The number of imidazole rings is 1. The van der Waals surface area contributed by atoms with Gasteiger partial charge in [0.1, 0.15) is 5.82 Å². The van der Waals surface area contributed by atoms with E-state index in [1.165, 1.54) is 6.20 Å². The normalized spacial score (nSPS) is 12.2. The number of nitrogens with one attached hydrogen (secondary N) is 1. The summed E-state index contributed by atoms with van der Waals surface area (Å²) in [6.07, 6.45) is 1.45. The number of hydrogen-bond acceptors (Lipinski definition) is 6. The summed E-state index contributed by atoms with van der Waals surface area (Å²) in [5.74, 6) is 1.50. The molecule has 0 saturated heterocycles. The van der Waals surface area contributed by atoms with Crippen molar-refractivity contribution in [3.05, 3.63) is 23.7 Å². The zero-order valence-electron chi connectivity index (χ0n) is 11.8. The molecule has 9 heteroatoms. The van der Waals surface area contributed by atoms with Crippen LogP contribution in [-0.4, -0.2) is 28.1 Å². The van der Waals surface area contributed by atoms with Gasteiger partial charge in [0.05, 0.1) is 6.54 Å². The molecule has 110 valence electrons. The molecular formula is C11H17N5O3S. The van der Waals surface area contributed by atoms with Crippen LogP contribution in [0.5, 0.6) is 0 Å². The molecule has 0 spiro atoms. The minimum Gasteiger partial charge on any atom is -0.339 e. The number of nitrogens with zero attached hydrogens (tertiary/aromatic N) is 4. The van der Waals surface area contributed by atoms with Crippen LogP contribution in [0.2, 0.25) is 0 Å². The fourth-order valence-corrected chi connectivity index (χ4v) is 2.48. The standard InChI is InChI=1S/C11H17N5O3S/c1-7(2)11-14-9(15-19-11)5-12-20(17,18)10-6-16(4)8(3)13-10/h6-7,12H,5H2,1-4H3. The van der Waals surface area contributed by atoms with Crippen molar-refractivity contribution in [1.82, 2.24) is 24.4 Å². The first kappa shape index (κ1) is 14.7. The number of aryl methyl sites for hydroxylation is 2. The second-order valence-electron chi connectivity index (χ2n) is 4.77. The molecule has 20 heavy (non-hydrogen) atoms. The van der Waals surface area contributed by atoms with Gasteiger partial charge in [-0.25, -0.2) is 18.1 Å². The summed E-state index contributed by atoms with van der Waals surface area (Å²) in [7, 11) is -1.94. The zero-order valence-corrected chi connectivity index (χ0v) is 12.6. The van der Waals surface area contributed by atoms with Crippen LogP contribution in [0.25, 0.3) is 0 Å². The SMILES string of the molecule is Cc1nc(S(=O)(=O)NCc2noc(C(C)C)n2)cn1C. The van der Waals surface area contributed by atoms with Gasteiger partial charge in [0, 0.05) is 19.2 Å². The van der Waals surface area contributed by atoms with Gasteiger partial charge in [0.2, 0.25) is 5.89 Å². The van der Waals surface area contributed by atoms with Crippen LogP contribution in [0, 0.1) is 6.92 Å². The summed E-state index contributed by atoms with van der Waals surface area (Å²) in [4.78, 5) is 8.07. The molecule has 2 rings (SSSR count). The molecule has 0 amide bonds. The Bertz CT molecular complexity index is 682. The molecule has 0 radical (unpaired) electrons. The predicted molar refractivity (Wildman–Crippen MR) is 70.4 cm³/mol. The van der Waals surface area contributed by atoms with Crippen molar-refractivity contribution < 1.29 is 12.9 Å². The van der Waals surface area contributed by atoms with Gasteiger partial charge in [-0.3, -0.25) is 0 Å². The van der Waals surface area contributed by atoms with Gasteiger partial charge in [-0.05, 0) is 6.92 Å². The summed E-state index contributed by atoms with van der Waals surface area (Å²) in [6, 6.07) is 0. The van der Waals surface area contributed by atoms with E-state index in [0.29, 0.717) is 17.5 Å². The van der Waals surface area contributed by atoms with E-state index in [9.17, 15) is 8.42 Å². The predicted octanol–water partition coefficient (Wildman–Crippen LogP) is 0.713. The van der Waals surface area contributed by atoms with E-state index >= 15 is 0 Å². The van der Waals surface area contributed by atoms with Crippen LogP contribution in [0.3, 0.4) is 0 Å². The highest BCUT2D eigenvalue weighted by atomic mass is 32.2. The van der Waals surface area contributed by atoms with Crippen LogP contribution in [-0.2, 0) is 23.6 Å². The topological polar surface area (TPSA) is 103 Å². The average Bonchev–Trinajstić information content (AvgIpc) is 2.95.